The summed E-state index contributed by atoms with van der Waals surface area (Å²) in [5.74, 6) is 0.903. The number of nitrogens with one attached hydrogen (secondary N) is 1. The maximum Gasteiger partial charge on any atom is 0.128 e. The van der Waals surface area contributed by atoms with Crippen LogP contribution in [-0.2, 0) is 4.74 Å². The molecular formula is C11H19N3O. The summed E-state index contributed by atoms with van der Waals surface area (Å²) in [6.07, 6.45) is 2.65. The van der Waals surface area contributed by atoms with Gasteiger partial charge in [0.05, 0.1) is 11.9 Å². The minimum absolute atomic E-state index is 0.701. The summed E-state index contributed by atoms with van der Waals surface area (Å²) >= 11 is 0. The van der Waals surface area contributed by atoms with Crippen LogP contribution in [0.25, 0.3) is 0 Å². The van der Waals surface area contributed by atoms with E-state index in [2.05, 4.69) is 10.3 Å². The molecule has 15 heavy (non-hydrogen) atoms. The summed E-state index contributed by atoms with van der Waals surface area (Å²) in [5, 5.41) is 3.25. The van der Waals surface area contributed by atoms with Crippen LogP contribution < -0.4 is 11.1 Å². The average Bonchev–Trinajstić information content (AvgIpc) is 2.20. The summed E-state index contributed by atoms with van der Waals surface area (Å²) in [5.41, 5.74) is 7.39. The second kappa shape index (κ2) is 6.24. The maximum atomic E-state index is 5.61. The van der Waals surface area contributed by atoms with Crippen LogP contribution in [0.3, 0.4) is 0 Å². The van der Waals surface area contributed by atoms with Gasteiger partial charge in [0.1, 0.15) is 5.82 Å². The molecule has 0 fully saturated rings. The quantitative estimate of drug-likeness (QED) is 0.701. The number of aromatic nitrogens is 1. The Balaban J connectivity index is 2.31. The summed E-state index contributed by atoms with van der Waals surface area (Å²) in [4.78, 5) is 4.22. The molecule has 84 valence electrons. The monoisotopic (exact) mass is 209 g/mol. The van der Waals surface area contributed by atoms with Gasteiger partial charge >= 0.3 is 0 Å². The van der Waals surface area contributed by atoms with Crippen LogP contribution in [0.1, 0.15) is 18.9 Å². The molecule has 3 N–H and O–H groups in total. The number of aryl methyl sites for hydroxylation is 1. The lowest BCUT2D eigenvalue weighted by Gasteiger charge is -2.08. The summed E-state index contributed by atoms with van der Waals surface area (Å²) in [6, 6.07) is 1.91. The Kier molecular flexibility index (Phi) is 4.90. The number of nitrogens with two attached hydrogens (primary N) is 1. The van der Waals surface area contributed by atoms with Gasteiger partial charge in [0.25, 0.3) is 0 Å². The van der Waals surface area contributed by atoms with Crippen molar-refractivity contribution < 1.29 is 4.74 Å². The highest BCUT2D eigenvalue weighted by molar-refractivity contribution is 5.50. The first-order valence-electron chi connectivity index (χ1n) is 5.27. The zero-order valence-corrected chi connectivity index (χ0v) is 9.42. The molecule has 0 saturated heterocycles. The van der Waals surface area contributed by atoms with E-state index in [1.807, 2.05) is 19.9 Å². The number of ether oxygens (including phenoxy) is 1. The molecule has 0 spiro atoms. The van der Waals surface area contributed by atoms with Gasteiger partial charge in [0, 0.05) is 19.8 Å². The number of hydrogen-bond acceptors (Lipinski definition) is 4. The molecule has 1 rings (SSSR count). The van der Waals surface area contributed by atoms with Crippen molar-refractivity contribution in [1.82, 2.24) is 4.98 Å². The molecule has 0 aliphatic rings. The third-order valence-electron chi connectivity index (χ3n) is 2.06. The molecule has 0 aliphatic heterocycles. The fourth-order valence-corrected chi connectivity index (χ4v) is 1.31. The van der Waals surface area contributed by atoms with Crippen LogP contribution in [-0.4, -0.2) is 24.7 Å². The number of hydrogen-bond donors (Lipinski definition) is 2. The van der Waals surface area contributed by atoms with E-state index in [4.69, 9.17) is 10.5 Å². The Bertz CT molecular complexity index is 302. The smallest absolute Gasteiger partial charge is 0.128 e. The first-order valence-corrected chi connectivity index (χ1v) is 5.27. The van der Waals surface area contributed by atoms with Crippen LogP contribution in [0.4, 0.5) is 11.5 Å². The van der Waals surface area contributed by atoms with Gasteiger partial charge in [-0.15, -0.1) is 0 Å². The SMILES string of the molecule is CCOCCCNc1ncc(N)cc1C. The summed E-state index contributed by atoms with van der Waals surface area (Å²) in [7, 11) is 0. The van der Waals surface area contributed by atoms with Gasteiger partial charge < -0.3 is 15.8 Å². The molecule has 1 aromatic rings. The number of nitrogen functional groups attached to an aromatic ring is 1. The van der Waals surface area contributed by atoms with Crippen molar-refractivity contribution in [3.05, 3.63) is 17.8 Å². The van der Waals surface area contributed by atoms with Gasteiger partial charge in [0.2, 0.25) is 0 Å². The van der Waals surface area contributed by atoms with Crippen LogP contribution in [0.2, 0.25) is 0 Å². The van der Waals surface area contributed by atoms with E-state index in [1.54, 1.807) is 6.20 Å². The van der Waals surface area contributed by atoms with Crippen LogP contribution in [0.5, 0.6) is 0 Å². The van der Waals surface area contributed by atoms with E-state index in [0.29, 0.717) is 5.69 Å². The van der Waals surface area contributed by atoms with Crippen LogP contribution in [0.15, 0.2) is 12.3 Å². The maximum absolute atomic E-state index is 5.61. The average molecular weight is 209 g/mol. The molecule has 0 saturated carbocycles. The van der Waals surface area contributed by atoms with Crippen molar-refractivity contribution in [1.29, 1.82) is 0 Å². The Morgan fingerprint density at radius 1 is 1.53 bits per heavy atom. The van der Waals surface area contributed by atoms with E-state index in [1.165, 1.54) is 0 Å². The van der Waals surface area contributed by atoms with Gasteiger partial charge in [-0.2, -0.15) is 0 Å². The predicted molar refractivity (Wildman–Crippen MR) is 63.0 cm³/mol. The van der Waals surface area contributed by atoms with E-state index in [-0.39, 0.29) is 0 Å². The highest BCUT2D eigenvalue weighted by Gasteiger charge is 1.98. The molecule has 4 nitrogen and oxygen atoms in total. The number of pyridine rings is 1. The molecule has 4 heteroatoms. The lowest BCUT2D eigenvalue weighted by Crippen LogP contribution is -2.08. The largest absolute Gasteiger partial charge is 0.397 e. The van der Waals surface area contributed by atoms with Crippen molar-refractivity contribution >= 4 is 11.5 Å². The van der Waals surface area contributed by atoms with Crippen molar-refractivity contribution in [2.45, 2.75) is 20.3 Å². The Morgan fingerprint density at radius 2 is 2.33 bits per heavy atom. The Hall–Kier alpha value is -1.29. The molecular weight excluding hydrogens is 190 g/mol. The first-order chi connectivity index (χ1) is 7.24. The Labute approximate surface area is 90.8 Å². The molecule has 0 radical (unpaired) electrons. The molecule has 0 atom stereocenters. The summed E-state index contributed by atoms with van der Waals surface area (Å²) in [6.45, 7) is 6.43. The number of anilines is 2. The van der Waals surface area contributed by atoms with Crippen molar-refractivity contribution in [3.8, 4) is 0 Å². The highest BCUT2D eigenvalue weighted by Crippen LogP contribution is 2.13. The fraction of sp³-hybridized carbons (Fsp3) is 0.545. The zero-order chi connectivity index (χ0) is 11.1. The van der Waals surface area contributed by atoms with E-state index >= 15 is 0 Å². The molecule has 0 aliphatic carbocycles. The first kappa shape index (κ1) is 11.8. The molecule has 0 bridgehead atoms. The van der Waals surface area contributed by atoms with Gasteiger partial charge in [-0.05, 0) is 31.9 Å². The molecule has 1 aromatic heterocycles. The number of rotatable bonds is 6. The van der Waals surface area contributed by atoms with E-state index in [9.17, 15) is 0 Å². The Morgan fingerprint density at radius 3 is 3.00 bits per heavy atom. The van der Waals surface area contributed by atoms with Gasteiger partial charge in [-0.1, -0.05) is 0 Å². The van der Waals surface area contributed by atoms with E-state index in [0.717, 1.165) is 37.6 Å². The van der Waals surface area contributed by atoms with Gasteiger partial charge in [-0.25, -0.2) is 4.98 Å². The van der Waals surface area contributed by atoms with E-state index < -0.39 is 0 Å². The minimum atomic E-state index is 0.701. The lowest BCUT2D eigenvalue weighted by atomic mass is 10.2. The van der Waals surface area contributed by atoms with Crippen LogP contribution >= 0.6 is 0 Å². The van der Waals surface area contributed by atoms with Crippen molar-refractivity contribution in [2.24, 2.45) is 0 Å². The predicted octanol–water partition coefficient (Wildman–Crippen LogP) is 1.81. The van der Waals surface area contributed by atoms with Gasteiger partial charge in [-0.3, -0.25) is 0 Å². The standard InChI is InChI=1S/C11H19N3O/c1-3-15-6-4-5-13-11-9(2)7-10(12)8-14-11/h7-8H,3-6,12H2,1-2H3,(H,13,14). The van der Waals surface area contributed by atoms with Crippen molar-refractivity contribution in [2.75, 3.05) is 30.8 Å². The third-order valence-corrected chi connectivity index (χ3v) is 2.06. The van der Waals surface area contributed by atoms with Gasteiger partial charge in [0.15, 0.2) is 0 Å². The molecule has 0 amide bonds. The molecule has 0 aromatic carbocycles. The second-order valence-corrected chi connectivity index (χ2v) is 3.41. The van der Waals surface area contributed by atoms with Crippen molar-refractivity contribution in [3.63, 3.8) is 0 Å². The summed E-state index contributed by atoms with van der Waals surface area (Å²) < 4.78 is 5.24. The topological polar surface area (TPSA) is 60.2 Å². The molecule has 1 heterocycles. The van der Waals surface area contributed by atoms with Crippen LogP contribution in [0, 0.1) is 6.92 Å². The lowest BCUT2D eigenvalue weighted by molar-refractivity contribution is 0.147. The number of nitrogens with zero attached hydrogens (tertiary/aromatic N) is 1. The molecule has 0 unspecified atom stereocenters. The fourth-order valence-electron chi connectivity index (χ4n) is 1.31. The highest BCUT2D eigenvalue weighted by atomic mass is 16.5. The normalized spacial score (nSPS) is 10.3. The second-order valence-electron chi connectivity index (χ2n) is 3.41. The third kappa shape index (κ3) is 4.16. The minimum Gasteiger partial charge on any atom is -0.397 e. The zero-order valence-electron chi connectivity index (χ0n) is 9.42.